The summed E-state index contributed by atoms with van der Waals surface area (Å²) in [5.74, 6) is 0.918. The van der Waals surface area contributed by atoms with Crippen LogP contribution in [0, 0.1) is 5.82 Å². The quantitative estimate of drug-likeness (QED) is 0.843. The maximum absolute atomic E-state index is 13.1. The van der Waals surface area contributed by atoms with Crippen LogP contribution in [0.2, 0.25) is 0 Å². The van der Waals surface area contributed by atoms with Crippen molar-refractivity contribution in [2.75, 3.05) is 40.9 Å². The van der Waals surface area contributed by atoms with Crippen molar-refractivity contribution in [3.8, 4) is 11.5 Å². The number of methoxy groups -OCH3 is 2. The van der Waals surface area contributed by atoms with Gasteiger partial charge in [0, 0.05) is 25.2 Å². The molecule has 1 amide bonds. The molecule has 138 valence electrons. The molecule has 0 bridgehead atoms. The molecule has 1 heterocycles. The Morgan fingerprint density at radius 2 is 1.73 bits per heavy atom. The van der Waals surface area contributed by atoms with E-state index in [1.165, 1.54) is 24.3 Å². The molecule has 1 saturated heterocycles. The highest BCUT2D eigenvalue weighted by Gasteiger charge is 2.29. The van der Waals surface area contributed by atoms with Gasteiger partial charge in [-0.25, -0.2) is 4.39 Å². The van der Waals surface area contributed by atoms with Crippen LogP contribution in [-0.4, -0.2) is 56.6 Å². The number of hydrogen-bond donors (Lipinski definition) is 0. The number of ether oxygens (including phenoxy) is 2. The summed E-state index contributed by atoms with van der Waals surface area (Å²) in [7, 11) is 5.25. The number of piperazine rings is 1. The van der Waals surface area contributed by atoms with E-state index in [9.17, 15) is 9.18 Å². The predicted octanol–water partition coefficient (Wildman–Crippen LogP) is 2.97. The molecule has 26 heavy (non-hydrogen) atoms. The molecule has 0 saturated carbocycles. The zero-order chi connectivity index (χ0) is 18.7. The molecule has 6 heteroatoms. The van der Waals surface area contributed by atoms with Crippen LogP contribution in [0.4, 0.5) is 4.39 Å². The van der Waals surface area contributed by atoms with Gasteiger partial charge in [-0.3, -0.25) is 9.69 Å². The van der Waals surface area contributed by atoms with E-state index in [2.05, 4.69) is 4.90 Å². The third-order valence-electron chi connectivity index (χ3n) is 4.82. The molecule has 0 spiro atoms. The third kappa shape index (κ3) is 3.65. The van der Waals surface area contributed by atoms with E-state index in [0.717, 1.165) is 12.1 Å². The van der Waals surface area contributed by atoms with Gasteiger partial charge in [0.05, 0.1) is 20.3 Å². The van der Waals surface area contributed by atoms with E-state index in [1.807, 2.05) is 30.1 Å². The molecule has 2 aromatic carbocycles. The van der Waals surface area contributed by atoms with Crippen molar-refractivity contribution in [2.24, 2.45) is 0 Å². The zero-order valence-corrected chi connectivity index (χ0v) is 15.2. The maximum Gasteiger partial charge on any atom is 0.253 e. The fraction of sp³-hybridized carbons (Fsp3) is 0.350. The summed E-state index contributed by atoms with van der Waals surface area (Å²) in [5.41, 5.74) is 1.56. The second-order valence-electron chi connectivity index (χ2n) is 6.37. The van der Waals surface area contributed by atoms with Gasteiger partial charge in [0.25, 0.3) is 5.91 Å². The van der Waals surface area contributed by atoms with Gasteiger partial charge in [-0.1, -0.05) is 6.07 Å². The molecule has 3 rings (SSSR count). The average molecular weight is 358 g/mol. The largest absolute Gasteiger partial charge is 0.493 e. The minimum atomic E-state index is -0.344. The van der Waals surface area contributed by atoms with Gasteiger partial charge in [0.15, 0.2) is 11.5 Å². The lowest BCUT2D eigenvalue weighted by atomic mass is 10.0. The summed E-state index contributed by atoms with van der Waals surface area (Å²) < 4.78 is 23.8. The van der Waals surface area contributed by atoms with E-state index in [1.54, 1.807) is 14.2 Å². The summed E-state index contributed by atoms with van der Waals surface area (Å²) in [4.78, 5) is 16.8. The van der Waals surface area contributed by atoms with Crippen LogP contribution in [0.5, 0.6) is 11.5 Å². The van der Waals surface area contributed by atoms with Crippen molar-refractivity contribution in [3.05, 3.63) is 59.4 Å². The summed E-state index contributed by atoms with van der Waals surface area (Å²) in [6, 6.07) is 11.6. The molecular weight excluding hydrogens is 335 g/mol. The molecule has 0 aromatic heterocycles. The first kappa shape index (κ1) is 18.2. The normalized spacial score (nSPS) is 17.8. The molecule has 1 fully saturated rings. The second kappa shape index (κ2) is 7.74. The van der Waals surface area contributed by atoms with E-state index in [0.29, 0.717) is 30.2 Å². The molecule has 1 aliphatic rings. The number of halogens is 1. The number of rotatable bonds is 4. The number of amides is 1. The first-order chi connectivity index (χ1) is 12.5. The standard InChI is InChI=1S/C20H23FN2O3/c1-22-10-11-23(20(24)14-4-7-16(21)8-5-14)13-17(22)15-6-9-18(25-2)19(12-15)26-3/h4-9,12,17H,10-11,13H2,1-3H3. The molecule has 1 atom stereocenters. The zero-order valence-electron chi connectivity index (χ0n) is 15.2. The van der Waals surface area contributed by atoms with Crippen LogP contribution in [-0.2, 0) is 0 Å². The highest BCUT2D eigenvalue weighted by molar-refractivity contribution is 5.94. The Bertz CT molecular complexity index is 779. The van der Waals surface area contributed by atoms with Crippen molar-refractivity contribution in [1.82, 2.24) is 9.80 Å². The minimum Gasteiger partial charge on any atom is -0.493 e. The van der Waals surface area contributed by atoms with Crippen LogP contribution in [0.1, 0.15) is 22.0 Å². The van der Waals surface area contributed by atoms with Crippen molar-refractivity contribution in [2.45, 2.75) is 6.04 Å². The van der Waals surface area contributed by atoms with E-state index >= 15 is 0 Å². The summed E-state index contributed by atoms with van der Waals surface area (Å²) in [6.45, 7) is 1.95. The number of carbonyl (C=O) groups is 1. The number of likely N-dealkylation sites (N-methyl/N-ethyl adjacent to an activating group) is 1. The Hall–Kier alpha value is -2.60. The second-order valence-corrected chi connectivity index (χ2v) is 6.37. The highest BCUT2D eigenvalue weighted by Crippen LogP contribution is 2.33. The lowest BCUT2D eigenvalue weighted by Crippen LogP contribution is -2.49. The van der Waals surface area contributed by atoms with Crippen molar-refractivity contribution >= 4 is 5.91 Å². The van der Waals surface area contributed by atoms with Crippen molar-refractivity contribution in [3.63, 3.8) is 0 Å². The fourth-order valence-corrected chi connectivity index (χ4v) is 3.25. The number of nitrogens with zero attached hydrogens (tertiary/aromatic N) is 2. The van der Waals surface area contributed by atoms with Gasteiger partial charge in [-0.15, -0.1) is 0 Å². The van der Waals surface area contributed by atoms with Crippen LogP contribution in [0.25, 0.3) is 0 Å². The van der Waals surface area contributed by atoms with Crippen LogP contribution >= 0.6 is 0 Å². The lowest BCUT2D eigenvalue weighted by molar-refractivity contribution is 0.0546. The Balaban J connectivity index is 1.82. The number of benzene rings is 2. The van der Waals surface area contributed by atoms with Gasteiger partial charge in [-0.2, -0.15) is 0 Å². The number of carbonyl (C=O) groups excluding carboxylic acids is 1. The first-order valence-corrected chi connectivity index (χ1v) is 8.50. The van der Waals surface area contributed by atoms with Crippen LogP contribution < -0.4 is 9.47 Å². The van der Waals surface area contributed by atoms with Crippen molar-refractivity contribution < 1.29 is 18.7 Å². The van der Waals surface area contributed by atoms with Gasteiger partial charge < -0.3 is 14.4 Å². The van der Waals surface area contributed by atoms with Gasteiger partial charge in [-0.05, 0) is 49.0 Å². The van der Waals surface area contributed by atoms with Gasteiger partial charge in [0.2, 0.25) is 0 Å². The van der Waals surface area contributed by atoms with Crippen molar-refractivity contribution in [1.29, 1.82) is 0 Å². The third-order valence-corrected chi connectivity index (χ3v) is 4.82. The van der Waals surface area contributed by atoms with E-state index in [-0.39, 0.29) is 17.8 Å². The summed E-state index contributed by atoms with van der Waals surface area (Å²) in [6.07, 6.45) is 0. The Morgan fingerprint density at radius 1 is 1.04 bits per heavy atom. The van der Waals surface area contributed by atoms with E-state index in [4.69, 9.17) is 9.47 Å². The summed E-state index contributed by atoms with van der Waals surface area (Å²) >= 11 is 0. The predicted molar refractivity (Wildman–Crippen MR) is 97.2 cm³/mol. The van der Waals surface area contributed by atoms with Gasteiger partial charge >= 0.3 is 0 Å². The Morgan fingerprint density at radius 3 is 2.38 bits per heavy atom. The SMILES string of the molecule is COc1ccc(C2CN(C(=O)c3ccc(F)cc3)CCN2C)cc1OC. The average Bonchev–Trinajstić information content (AvgIpc) is 2.68. The fourth-order valence-electron chi connectivity index (χ4n) is 3.25. The van der Waals surface area contributed by atoms with Gasteiger partial charge in [0.1, 0.15) is 5.82 Å². The van der Waals surface area contributed by atoms with Crippen LogP contribution in [0.3, 0.4) is 0 Å². The molecule has 0 aliphatic carbocycles. The lowest BCUT2D eigenvalue weighted by Gasteiger charge is -2.40. The van der Waals surface area contributed by atoms with E-state index < -0.39 is 0 Å². The molecule has 5 nitrogen and oxygen atoms in total. The Labute approximate surface area is 152 Å². The monoisotopic (exact) mass is 358 g/mol. The Kier molecular flexibility index (Phi) is 5.42. The molecule has 1 unspecified atom stereocenters. The highest BCUT2D eigenvalue weighted by atomic mass is 19.1. The number of hydrogen-bond acceptors (Lipinski definition) is 4. The molecule has 0 N–H and O–H groups in total. The molecule has 1 aliphatic heterocycles. The first-order valence-electron chi connectivity index (χ1n) is 8.50. The minimum absolute atomic E-state index is 0.0490. The van der Waals surface area contributed by atoms with Crippen LogP contribution in [0.15, 0.2) is 42.5 Å². The smallest absolute Gasteiger partial charge is 0.253 e. The topological polar surface area (TPSA) is 42.0 Å². The summed E-state index contributed by atoms with van der Waals surface area (Å²) in [5, 5.41) is 0. The molecule has 2 aromatic rings. The maximum atomic E-state index is 13.1. The molecule has 0 radical (unpaired) electrons. The molecular formula is C20H23FN2O3.